The third-order valence-electron chi connectivity index (χ3n) is 3.97. The summed E-state index contributed by atoms with van der Waals surface area (Å²) in [4.78, 5) is 20.9. The van der Waals surface area contributed by atoms with Gasteiger partial charge in [0.1, 0.15) is 5.82 Å². The number of rotatable bonds is 6. The van der Waals surface area contributed by atoms with Crippen molar-refractivity contribution in [2.24, 2.45) is 0 Å². The fourth-order valence-electron chi connectivity index (χ4n) is 2.64. The van der Waals surface area contributed by atoms with E-state index in [1.54, 1.807) is 6.20 Å². The lowest BCUT2D eigenvalue weighted by molar-refractivity contribution is -0.120. The molecule has 1 aromatic carbocycles. The highest BCUT2D eigenvalue weighted by Gasteiger charge is 2.14. The van der Waals surface area contributed by atoms with Gasteiger partial charge in [-0.2, -0.15) is 0 Å². The van der Waals surface area contributed by atoms with Crippen molar-refractivity contribution in [1.82, 2.24) is 15.3 Å². The van der Waals surface area contributed by atoms with Crippen LogP contribution in [0.3, 0.4) is 0 Å². The van der Waals surface area contributed by atoms with Crippen LogP contribution in [0, 0.1) is 6.92 Å². The van der Waals surface area contributed by atoms with E-state index in [-0.39, 0.29) is 19.1 Å². The van der Waals surface area contributed by atoms with Crippen LogP contribution in [-0.2, 0) is 17.8 Å². The lowest BCUT2D eigenvalue weighted by atomic mass is 10.2. The van der Waals surface area contributed by atoms with Gasteiger partial charge in [0.05, 0.1) is 12.1 Å². The highest BCUT2D eigenvalue weighted by Crippen LogP contribution is 2.32. The Morgan fingerprint density at radius 2 is 2.11 bits per heavy atom. The standard InChI is InChI=1S/C19H18N4O3S/c1-12-4-5-20-17(6-12)23-19-22-14(10-27-19)8-18(24)21-9-13-2-3-15-16(7-13)26-11-25-15/h2-7,10H,8-9,11H2,1H3,(H,21,24)(H,20,22,23). The molecule has 2 N–H and O–H groups in total. The molecule has 3 heterocycles. The summed E-state index contributed by atoms with van der Waals surface area (Å²) in [6, 6.07) is 9.51. The smallest absolute Gasteiger partial charge is 0.231 e. The van der Waals surface area contributed by atoms with Crippen molar-refractivity contribution in [2.75, 3.05) is 12.1 Å². The number of aromatic nitrogens is 2. The number of fused-ring (bicyclic) bond motifs is 1. The highest BCUT2D eigenvalue weighted by molar-refractivity contribution is 7.13. The fraction of sp³-hybridized carbons (Fsp3) is 0.211. The molecule has 1 amide bonds. The van der Waals surface area contributed by atoms with Crippen molar-refractivity contribution >= 4 is 28.2 Å². The fourth-order valence-corrected chi connectivity index (χ4v) is 3.36. The number of anilines is 2. The first kappa shape index (κ1) is 17.3. The number of nitrogens with zero attached hydrogens (tertiary/aromatic N) is 2. The predicted octanol–water partition coefficient (Wildman–Crippen LogP) is 3.18. The number of hydrogen-bond donors (Lipinski definition) is 2. The average molecular weight is 382 g/mol. The molecule has 1 aliphatic heterocycles. The molecule has 4 rings (SSSR count). The van der Waals surface area contributed by atoms with Gasteiger partial charge >= 0.3 is 0 Å². The summed E-state index contributed by atoms with van der Waals surface area (Å²) >= 11 is 1.45. The van der Waals surface area contributed by atoms with Crippen LogP contribution in [0.1, 0.15) is 16.8 Å². The minimum Gasteiger partial charge on any atom is -0.454 e. The van der Waals surface area contributed by atoms with E-state index in [4.69, 9.17) is 9.47 Å². The number of carbonyl (C=O) groups is 1. The minimum absolute atomic E-state index is 0.0850. The van der Waals surface area contributed by atoms with E-state index < -0.39 is 0 Å². The van der Waals surface area contributed by atoms with Gasteiger partial charge in [0.2, 0.25) is 12.7 Å². The molecule has 0 aliphatic carbocycles. The monoisotopic (exact) mass is 382 g/mol. The zero-order valence-electron chi connectivity index (χ0n) is 14.7. The first-order valence-electron chi connectivity index (χ1n) is 8.45. The van der Waals surface area contributed by atoms with Gasteiger partial charge < -0.3 is 20.1 Å². The Labute approximate surface area is 160 Å². The number of pyridine rings is 1. The highest BCUT2D eigenvalue weighted by atomic mass is 32.1. The number of carbonyl (C=O) groups excluding carboxylic acids is 1. The Hall–Kier alpha value is -3.13. The molecule has 0 saturated heterocycles. The lowest BCUT2D eigenvalue weighted by Gasteiger charge is -2.05. The van der Waals surface area contributed by atoms with Crippen molar-refractivity contribution in [3.63, 3.8) is 0 Å². The van der Waals surface area contributed by atoms with Crippen molar-refractivity contribution in [2.45, 2.75) is 19.9 Å². The normalized spacial score (nSPS) is 12.0. The number of nitrogens with one attached hydrogen (secondary N) is 2. The Morgan fingerprint density at radius 1 is 1.22 bits per heavy atom. The number of benzene rings is 1. The van der Waals surface area contributed by atoms with E-state index in [2.05, 4.69) is 20.6 Å². The summed E-state index contributed by atoms with van der Waals surface area (Å²) in [6.07, 6.45) is 1.97. The number of amides is 1. The molecule has 0 spiro atoms. The molecule has 0 unspecified atom stereocenters. The van der Waals surface area contributed by atoms with Gasteiger partial charge in [-0.1, -0.05) is 6.07 Å². The number of hydrogen-bond acceptors (Lipinski definition) is 7. The largest absolute Gasteiger partial charge is 0.454 e. The van der Waals surface area contributed by atoms with Crippen molar-refractivity contribution < 1.29 is 14.3 Å². The molecule has 7 nitrogen and oxygen atoms in total. The summed E-state index contributed by atoms with van der Waals surface area (Å²) in [5.74, 6) is 2.10. The third-order valence-corrected chi connectivity index (χ3v) is 4.78. The van der Waals surface area contributed by atoms with Gasteiger partial charge in [0.15, 0.2) is 16.6 Å². The topological polar surface area (TPSA) is 85.4 Å². The summed E-state index contributed by atoms with van der Waals surface area (Å²) in [5.41, 5.74) is 2.80. The second-order valence-corrected chi connectivity index (χ2v) is 6.99. The van der Waals surface area contributed by atoms with Gasteiger partial charge in [-0.15, -0.1) is 11.3 Å². The Morgan fingerprint density at radius 3 is 3.00 bits per heavy atom. The predicted molar refractivity (Wildman–Crippen MR) is 102 cm³/mol. The van der Waals surface area contributed by atoms with Crippen LogP contribution in [-0.4, -0.2) is 22.7 Å². The maximum Gasteiger partial charge on any atom is 0.231 e. The number of ether oxygens (including phenoxy) is 2. The molecule has 138 valence electrons. The Balaban J connectivity index is 1.30. The van der Waals surface area contributed by atoms with E-state index in [1.807, 2.05) is 42.6 Å². The number of thiazole rings is 1. The van der Waals surface area contributed by atoms with Crippen LogP contribution in [0.15, 0.2) is 41.9 Å². The Kier molecular flexibility index (Phi) is 4.88. The molecular formula is C19H18N4O3S. The molecule has 0 atom stereocenters. The second-order valence-electron chi connectivity index (χ2n) is 6.13. The first-order valence-corrected chi connectivity index (χ1v) is 9.33. The van der Waals surface area contributed by atoms with Crippen LogP contribution in [0.4, 0.5) is 10.9 Å². The van der Waals surface area contributed by atoms with Gasteiger partial charge in [-0.3, -0.25) is 4.79 Å². The SMILES string of the molecule is Cc1ccnc(Nc2nc(CC(=O)NCc3ccc4c(c3)OCO4)cs2)c1. The zero-order chi connectivity index (χ0) is 18.6. The summed E-state index contributed by atoms with van der Waals surface area (Å²) in [6.45, 7) is 2.67. The molecular weight excluding hydrogens is 364 g/mol. The molecule has 1 aliphatic rings. The molecule has 2 aromatic heterocycles. The maximum absolute atomic E-state index is 12.2. The van der Waals surface area contributed by atoms with Crippen LogP contribution in [0.5, 0.6) is 11.5 Å². The summed E-state index contributed by atoms with van der Waals surface area (Å²) in [5, 5.41) is 8.65. The minimum atomic E-state index is -0.0850. The Bertz CT molecular complexity index is 973. The molecule has 0 saturated carbocycles. The molecule has 0 bridgehead atoms. The first-order chi connectivity index (χ1) is 13.2. The van der Waals surface area contributed by atoms with Crippen molar-refractivity contribution in [3.05, 3.63) is 58.7 Å². The van der Waals surface area contributed by atoms with E-state index in [9.17, 15) is 4.79 Å². The van der Waals surface area contributed by atoms with Crippen molar-refractivity contribution in [1.29, 1.82) is 0 Å². The quantitative estimate of drug-likeness (QED) is 0.681. The summed E-state index contributed by atoms with van der Waals surface area (Å²) in [7, 11) is 0. The molecule has 8 heteroatoms. The molecule has 3 aromatic rings. The average Bonchev–Trinajstić information content (AvgIpc) is 3.29. The van der Waals surface area contributed by atoms with Crippen LogP contribution >= 0.6 is 11.3 Å². The van der Waals surface area contributed by atoms with Gasteiger partial charge in [-0.05, 0) is 42.3 Å². The second kappa shape index (κ2) is 7.63. The molecule has 0 radical (unpaired) electrons. The van der Waals surface area contributed by atoms with E-state index in [1.165, 1.54) is 11.3 Å². The van der Waals surface area contributed by atoms with Crippen LogP contribution < -0.4 is 20.1 Å². The van der Waals surface area contributed by atoms with Crippen LogP contribution in [0.25, 0.3) is 0 Å². The van der Waals surface area contributed by atoms with Crippen molar-refractivity contribution in [3.8, 4) is 11.5 Å². The number of aryl methyl sites for hydroxylation is 1. The van der Waals surface area contributed by atoms with Crippen LogP contribution in [0.2, 0.25) is 0 Å². The molecule has 0 fully saturated rings. The van der Waals surface area contributed by atoms with Gasteiger partial charge in [0.25, 0.3) is 0 Å². The van der Waals surface area contributed by atoms with E-state index in [0.717, 1.165) is 28.4 Å². The third kappa shape index (κ3) is 4.35. The maximum atomic E-state index is 12.2. The van der Waals surface area contributed by atoms with E-state index in [0.29, 0.717) is 17.4 Å². The van der Waals surface area contributed by atoms with E-state index >= 15 is 0 Å². The summed E-state index contributed by atoms with van der Waals surface area (Å²) < 4.78 is 10.6. The van der Waals surface area contributed by atoms with Gasteiger partial charge in [0, 0.05) is 18.1 Å². The zero-order valence-corrected chi connectivity index (χ0v) is 15.5. The molecule has 27 heavy (non-hydrogen) atoms. The van der Waals surface area contributed by atoms with Gasteiger partial charge in [-0.25, -0.2) is 9.97 Å². The lowest BCUT2D eigenvalue weighted by Crippen LogP contribution is -2.24.